The highest BCUT2D eigenvalue weighted by atomic mass is 19.1. The van der Waals surface area contributed by atoms with E-state index in [1.54, 1.807) is 29.6 Å². The largest absolute Gasteiger partial charge is 0.332 e. The van der Waals surface area contributed by atoms with Crippen LogP contribution >= 0.6 is 0 Å². The highest BCUT2D eigenvalue weighted by molar-refractivity contribution is 5.76. The highest BCUT2D eigenvalue weighted by Crippen LogP contribution is 2.20. The molecule has 7 nitrogen and oxygen atoms in total. The topological polar surface area (TPSA) is 66.2 Å². The van der Waals surface area contributed by atoms with Gasteiger partial charge in [0.2, 0.25) is 5.78 Å². The molecular formula is C19H20FN5O2. The molecule has 0 saturated carbocycles. The lowest BCUT2D eigenvalue weighted by Crippen LogP contribution is -2.39. The van der Waals surface area contributed by atoms with Crippen molar-refractivity contribution < 1.29 is 4.39 Å². The Hall–Kier alpha value is -3.16. The molecule has 3 heterocycles. The molecular weight excluding hydrogens is 349 g/mol. The third-order valence-corrected chi connectivity index (χ3v) is 5.23. The Bertz CT molecular complexity index is 1320. The van der Waals surface area contributed by atoms with Crippen LogP contribution < -0.4 is 11.2 Å². The summed E-state index contributed by atoms with van der Waals surface area (Å²) in [6.45, 7) is 6.46. The number of imidazole rings is 2. The molecule has 0 bridgehead atoms. The van der Waals surface area contributed by atoms with E-state index in [0.29, 0.717) is 23.5 Å². The lowest BCUT2D eigenvalue weighted by Gasteiger charge is -2.09. The predicted molar refractivity (Wildman–Crippen MR) is 101 cm³/mol. The first-order valence-electron chi connectivity index (χ1n) is 8.77. The first kappa shape index (κ1) is 17.3. The number of hydrogen-bond donors (Lipinski definition) is 0. The van der Waals surface area contributed by atoms with Crippen LogP contribution in [0.4, 0.5) is 4.39 Å². The van der Waals surface area contributed by atoms with E-state index in [1.165, 1.54) is 10.6 Å². The second kappa shape index (κ2) is 5.94. The summed E-state index contributed by atoms with van der Waals surface area (Å²) in [6.07, 6.45) is 0. The second-order valence-corrected chi connectivity index (χ2v) is 6.66. The van der Waals surface area contributed by atoms with E-state index in [2.05, 4.69) is 4.98 Å². The van der Waals surface area contributed by atoms with Crippen LogP contribution in [-0.2, 0) is 20.1 Å². The van der Waals surface area contributed by atoms with E-state index in [9.17, 15) is 14.0 Å². The van der Waals surface area contributed by atoms with Crippen LogP contribution in [0.15, 0.2) is 33.9 Å². The fraction of sp³-hybridized carbons (Fsp3) is 0.316. The van der Waals surface area contributed by atoms with Crippen molar-refractivity contribution in [2.24, 2.45) is 7.05 Å². The number of hydrogen-bond acceptors (Lipinski definition) is 3. The van der Waals surface area contributed by atoms with Gasteiger partial charge in [0.05, 0.1) is 6.54 Å². The second-order valence-electron chi connectivity index (χ2n) is 6.66. The molecule has 0 aliphatic carbocycles. The molecule has 4 rings (SSSR count). The van der Waals surface area contributed by atoms with Gasteiger partial charge in [0, 0.05) is 30.5 Å². The van der Waals surface area contributed by atoms with Crippen molar-refractivity contribution >= 4 is 16.9 Å². The van der Waals surface area contributed by atoms with Crippen LogP contribution in [0.1, 0.15) is 23.9 Å². The van der Waals surface area contributed by atoms with Gasteiger partial charge in [-0.05, 0) is 26.8 Å². The van der Waals surface area contributed by atoms with E-state index in [-0.39, 0.29) is 12.1 Å². The average Bonchev–Trinajstić information content (AvgIpc) is 3.14. The van der Waals surface area contributed by atoms with Crippen LogP contribution in [0.25, 0.3) is 16.9 Å². The standard InChI is InChI=1S/C19H20FN5O2/c1-5-23-11(2)12(3)25-15-16(21-18(23)25)22(4)19(27)24(17(15)26)10-13-8-6-7-9-14(13)20/h6-9H,5,10H2,1-4H3. The molecule has 0 atom stereocenters. The van der Waals surface area contributed by atoms with Gasteiger partial charge in [-0.15, -0.1) is 0 Å². The van der Waals surface area contributed by atoms with Crippen molar-refractivity contribution in [3.05, 3.63) is 67.9 Å². The molecule has 0 fully saturated rings. The monoisotopic (exact) mass is 369 g/mol. The minimum atomic E-state index is -0.520. The molecule has 27 heavy (non-hydrogen) atoms. The summed E-state index contributed by atoms with van der Waals surface area (Å²) in [5.41, 5.74) is 1.86. The summed E-state index contributed by atoms with van der Waals surface area (Å²) in [5.74, 6) is 0.174. The van der Waals surface area contributed by atoms with Crippen LogP contribution in [0.3, 0.4) is 0 Å². The van der Waals surface area contributed by atoms with Gasteiger partial charge in [-0.25, -0.2) is 9.18 Å². The zero-order valence-corrected chi connectivity index (χ0v) is 15.7. The Kier molecular flexibility index (Phi) is 3.80. The van der Waals surface area contributed by atoms with E-state index in [1.807, 2.05) is 25.3 Å². The Morgan fingerprint density at radius 3 is 2.44 bits per heavy atom. The Balaban J connectivity index is 2.10. The molecule has 0 aliphatic heterocycles. The molecule has 0 unspecified atom stereocenters. The van der Waals surface area contributed by atoms with Gasteiger partial charge in [-0.3, -0.25) is 18.3 Å². The first-order valence-corrected chi connectivity index (χ1v) is 8.77. The molecule has 0 amide bonds. The van der Waals surface area contributed by atoms with Crippen molar-refractivity contribution in [3.63, 3.8) is 0 Å². The fourth-order valence-corrected chi connectivity index (χ4v) is 3.63. The Morgan fingerprint density at radius 1 is 1.07 bits per heavy atom. The van der Waals surface area contributed by atoms with Crippen molar-refractivity contribution in [2.45, 2.75) is 33.9 Å². The van der Waals surface area contributed by atoms with Crippen LogP contribution in [-0.4, -0.2) is 23.1 Å². The lowest BCUT2D eigenvalue weighted by atomic mass is 10.2. The predicted octanol–water partition coefficient (Wildman–Crippen LogP) is 1.97. The number of aromatic nitrogens is 5. The van der Waals surface area contributed by atoms with Gasteiger partial charge < -0.3 is 4.57 Å². The van der Waals surface area contributed by atoms with Gasteiger partial charge in [0.15, 0.2) is 11.2 Å². The fourth-order valence-electron chi connectivity index (χ4n) is 3.63. The molecule has 8 heteroatoms. The third-order valence-electron chi connectivity index (χ3n) is 5.23. The summed E-state index contributed by atoms with van der Waals surface area (Å²) in [7, 11) is 1.58. The number of fused-ring (bicyclic) bond motifs is 3. The minimum Gasteiger partial charge on any atom is -0.314 e. The Morgan fingerprint density at radius 2 is 1.78 bits per heavy atom. The lowest BCUT2D eigenvalue weighted by molar-refractivity contribution is 0.582. The minimum absolute atomic E-state index is 0.131. The Labute approximate surface area is 153 Å². The average molecular weight is 369 g/mol. The van der Waals surface area contributed by atoms with Gasteiger partial charge in [-0.2, -0.15) is 4.98 Å². The molecule has 3 aromatic heterocycles. The summed E-state index contributed by atoms with van der Waals surface area (Å²) < 4.78 is 20.3. The normalized spacial score (nSPS) is 11.7. The number of halogens is 1. The first-order chi connectivity index (χ1) is 12.9. The van der Waals surface area contributed by atoms with Crippen LogP contribution in [0.5, 0.6) is 0 Å². The molecule has 0 aliphatic rings. The molecule has 0 radical (unpaired) electrons. The maximum atomic E-state index is 14.1. The number of benzene rings is 1. The van der Waals surface area contributed by atoms with Crippen molar-refractivity contribution in [3.8, 4) is 0 Å². The van der Waals surface area contributed by atoms with E-state index < -0.39 is 17.1 Å². The zero-order chi connectivity index (χ0) is 19.5. The maximum absolute atomic E-state index is 14.1. The van der Waals surface area contributed by atoms with Gasteiger partial charge in [-0.1, -0.05) is 18.2 Å². The molecule has 0 spiro atoms. The van der Waals surface area contributed by atoms with Crippen molar-refractivity contribution in [1.82, 2.24) is 23.1 Å². The molecule has 1 aromatic carbocycles. The summed E-state index contributed by atoms with van der Waals surface area (Å²) in [4.78, 5) is 30.5. The van der Waals surface area contributed by atoms with E-state index in [4.69, 9.17) is 0 Å². The van der Waals surface area contributed by atoms with Crippen LogP contribution in [0.2, 0.25) is 0 Å². The van der Waals surface area contributed by atoms with Crippen molar-refractivity contribution in [2.75, 3.05) is 0 Å². The van der Waals surface area contributed by atoms with E-state index >= 15 is 0 Å². The number of aryl methyl sites for hydroxylation is 3. The van der Waals surface area contributed by atoms with Gasteiger partial charge >= 0.3 is 5.69 Å². The molecule has 4 aromatic rings. The van der Waals surface area contributed by atoms with Crippen molar-refractivity contribution in [1.29, 1.82) is 0 Å². The molecule has 0 N–H and O–H groups in total. The molecule has 140 valence electrons. The highest BCUT2D eigenvalue weighted by Gasteiger charge is 2.22. The SMILES string of the molecule is CCn1c(C)c(C)n2c3c(=O)n(Cc4ccccc4F)c(=O)n(C)c3nc12. The molecule has 0 saturated heterocycles. The summed E-state index contributed by atoms with van der Waals surface area (Å²) >= 11 is 0. The summed E-state index contributed by atoms with van der Waals surface area (Å²) in [5, 5.41) is 0. The van der Waals surface area contributed by atoms with Gasteiger partial charge in [0.25, 0.3) is 5.56 Å². The number of nitrogens with zero attached hydrogens (tertiary/aromatic N) is 5. The zero-order valence-electron chi connectivity index (χ0n) is 15.7. The quantitative estimate of drug-likeness (QED) is 0.555. The van der Waals surface area contributed by atoms with E-state index in [0.717, 1.165) is 16.0 Å². The van der Waals surface area contributed by atoms with Gasteiger partial charge in [0.1, 0.15) is 5.82 Å². The smallest absolute Gasteiger partial charge is 0.314 e. The third kappa shape index (κ3) is 2.29. The summed E-state index contributed by atoms with van der Waals surface area (Å²) in [6, 6.07) is 6.14. The maximum Gasteiger partial charge on any atom is 0.332 e. The number of rotatable bonds is 3. The van der Waals surface area contributed by atoms with Crippen LogP contribution in [0, 0.1) is 19.7 Å².